The average molecular weight is 285 g/mol. The number of aromatic amines is 1. The standard InChI is InChI=1S/C12H19N3O3S/c1-9-13-8-12(14-9)19(16,17)15-6-7-18-11-5-3-2-4-10(11)15/h8,10-11H,2-7H2,1H3,(H,13,14)/t10-,11+/m0/s1. The summed E-state index contributed by atoms with van der Waals surface area (Å²) in [6.45, 7) is 2.66. The monoisotopic (exact) mass is 285 g/mol. The molecule has 1 saturated carbocycles. The van der Waals surface area contributed by atoms with Crippen molar-refractivity contribution in [3.05, 3.63) is 12.0 Å². The highest BCUT2D eigenvalue weighted by molar-refractivity contribution is 7.89. The van der Waals surface area contributed by atoms with Crippen LogP contribution < -0.4 is 0 Å². The molecule has 3 rings (SSSR count). The number of aromatic nitrogens is 2. The van der Waals surface area contributed by atoms with Gasteiger partial charge in [0.15, 0.2) is 5.03 Å². The molecule has 106 valence electrons. The van der Waals surface area contributed by atoms with E-state index in [-0.39, 0.29) is 17.2 Å². The van der Waals surface area contributed by atoms with Gasteiger partial charge in [-0.1, -0.05) is 12.8 Å². The fourth-order valence-corrected chi connectivity index (χ4v) is 4.64. The molecule has 1 aromatic heterocycles. The van der Waals surface area contributed by atoms with E-state index in [1.54, 1.807) is 11.2 Å². The fourth-order valence-electron chi connectivity index (χ4n) is 3.02. The van der Waals surface area contributed by atoms with Gasteiger partial charge in [-0.25, -0.2) is 13.4 Å². The van der Waals surface area contributed by atoms with Crippen molar-refractivity contribution in [1.29, 1.82) is 0 Å². The summed E-state index contributed by atoms with van der Waals surface area (Å²) in [5.74, 6) is 0.618. The summed E-state index contributed by atoms with van der Waals surface area (Å²) in [5.41, 5.74) is 0. The number of hydrogen-bond donors (Lipinski definition) is 1. The lowest BCUT2D eigenvalue weighted by Crippen LogP contribution is -2.54. The van der Waals surface area contributed by atoms with Gasteiger partial charge < -0.3 is 9.72 Å². The van der Waals surface area contributed by atoms with E-state index in [9.17, 15) is 8.42 Å². The summed E-state index contributed by atoms with van der Waals surface area (Å²) in [7, 11) is -3.48. The van der Waals surface area contributed by atoms with Gasteiger partial charge in [0, 0.05) is 6.54 Å². The minimum Gasteiger partial charge on any atom is -0.375 e. The van der Waals surface area contributed by atoms with Crippen molar-refractivity contribution in [1.82, 2.24) is 14.3 Å². The van der Waals surface area contributed by atoms with Gasteiger partial charge in [0.05, 0.1) is 24.9 Å². The zero-order valence-electron chi connectivity index (χ0n) is 11.0. The van der Waals surface area contributed by atoms with Crippen LogP contribution in [-0.4, -0.2) is 48.0 Å². The molecule has 1 aliphatic carbocycles. The zero-order valence-corrected chi connectivity index (χ0v) is 11.8. The number of aryl methyl sites for hydroxylation is 1. The first-order valence-electron chi connectivity index (χ1n) is 6.74. The van der Waals surface area contributed by atoms with E-state index in [4.69, 9.17) is 4.74 Å². The van der Waals surface area contributed by atoms with Crippen molar-refractivity contribution in [2.45, 2.75) is 49.8 Å². The van der Waals surface area contributed by atoms with Crippen LogP contribution in [0.3, 0.4) is 0 Å². The Bertz CT molecular complexity index is 552. The Kier molecular flexibility index (Phi) is 3.36. The van der Waals surface area contributed by atoms with E-state index < -0.39 is 10.0 Å². The molecule has 7 heteroatoms. The Hall–Kier alpha value is -0.920. The number of H-pyrrole nitrogens is 1. The Labute approximate surface area is 113 Å². The number of rotatable bonds is 2. The van der Waals surface area contributed by atoms with E-state index in [1.807, 2.05) is 0 Å². The highest BCUT2D eigenvalue weighted by Crippen LogP contribution is 2.31. The van der Waals surface area contributed by atoms with Crippen LogP contribution in [0.1, 0.15) is 31.5 Å². The van der Waals surface area contributed by atoms with E-state index in [1.165, 1.54) is 6.20 Å². The number of nitrogens with zero attached hydrogens (tertiary/aromatic N) is 2. The molecular formula is C12H19N3O3S. The molecular weight excluding hydrogens is 266 g/mol. The Balaban J connectivity index is 1.91. The highest BCUT2D eigenvalue weighted by atomic mass is 32.2. The lowest BCUT2D eigenvalue weighted by molar-refractivity contribution is -0.0586. The number of morpholine rings is 1. The van der Waals surface area contributed by atoms with Gasteiger partial charge in [-0.15, -0.1) is 0 Å². The Morgan fingerprint density at radius 1 is 1.42 bits per heavy atom. The minimum atomic E-state index is -3.48. The third-order valence-corrected chi connectivity index (χ3v) is 5.78. The number of hydrogen-bond acceptors (Lipinski definition) is 4. The number of sulfonamides is 1. The maximum atomic E-state index is 12.7. The van der Waals surface area contributed by atoms with Crippen molar-refractivity contribution >= 4 is 10.0 Å². The maximum absolute atomic E-state index is 12.7. The topological polar surface area (TPSA) is 75.3 Å². The van der Waals surface area contributed by atoms with Gasteiger partial charge in [0.25, 0.3) is 10.0 Å². The third kappa shape index (κ3) is 2.30. The molecule has 1 aliphatic heterocycles. The van der Waals surface area contributed by atoms with Crippen LogP contribution in [0.25, 0.3) is 0 Å². The summed E-state index contributed by atoms with van der Waals surface area (Å²) in [5, 5.41) is 0.191. The third-order valence-electron chi connectivity index (χ3n) is 3.95. The highest BCUT2D eigenvalue weighted by Gasteiger charge is 2.41. The van der Waals surface area contributed by atoms with E-state index in [0.29, 0.717) is 19.0 Å². The molecule has 2 heterocycles. The predicted molar refractivity (Wildman–Crippen MR) is 69.2 cm³/mol. The predicted octanol–water partition coefficient (Wildman–Crippen LogP) is 1.05. The normalized spacial score (nSPS) is 29.1. The molecule has 0 unspecified atom stereocenters. The van der Waals surface area contributed by atoms with E-state index in [2.05, 4.69) is 9.97 Å². The molecule has 0 bridgehead atoms. The van der Waals surface area contributed by atoms with Crippen molar-refractivity contribution in [3.8, 4) is 0 Å². The molecule has 6 nitrogen and oxygen atoms in total. The minimum absolute atomic E-state index is 0.0175. The molecule has 0 radical (unpaired) electrons. The average Bonchev–Trinajstić information content (AvgIpc) is 2.85. The second-order valence-corrected chi connectivity index (χ2v) is 7.07. The van der Waals surface area contributed by atoms with Gasteiger partial charge in [-0.3, -0.25) is 0 Å². The SMILES string of the molecule is Cc1ncc(S(=O)(=O)N2CCO[C@@H]3CCCC[C@@H]32)[nH]1. The molecule has 0 amide bonds. The zero-order chi connectivity index (χ0) is 13.5. The van der Waals surface area contributed by atoms with Crippen molar-refractivity contribution in [2.75, 3.05) is 13.2 Å². The summed E-state index contributed by atoms with van der Waals surface area (Å²) in [4.78, 5) is 6.82. The van der Waals surface area contributed by atoms with Gasteiger partial charge in [-0.2, -0.15) is 4.31 Å². The second-order valence-electron chi connectivity index (χ2n) is 5.21. The first kappa shape index (κ1) is 13.1. The van der Waals surface area contributed by atoms with Crippen molar-refractivity contribution in [2.24, 2.45) is 0 Å². The molecule has 0 spiro atoms. The molecule has 0 aromatic carbocycles. The molecule has 2 atom stereocenters. The maximum Gasteiger partial charge on any atom is 0.260 e. The van der Waals surface area contributed by atoms with Crippen LogP contribution in [0.2, 0.25) is 0 Å². The van der Waals surface area contributed by atoms with Gasteiger partial charge in [0.1, 0.15) is 5.82 Å². The van der Waals surface area contributed by atoms with E-state index in [0.717, 1.165) is 25.7 Å². The molecule has 2 aliphatic rings. The molecule has 1 saturated heterocycles. The van der Waals surface area contributed by atoms with Crippen LogP contribution in [0.5, 0.6) is 0 Å². The Morgan fingerprint density at radius 2 is 2.21 bits per heavy atom. The summed E-state index contributed by atoms with van der Waals surface area (Å²) in [6, 6.07) is -0.0175. The van der Waals surface area contributed by atoms with Crippen LogP contribution in [0.15, 0.2) is 11.2 Å². The van der Waals surface area contributed by atoms with Crippen molar-refractivity contribution < 1.29 is 13.2 Å². The molecule has 19 heavy (non-hydrogen) atoms. The summed E-state index contributed by atoms with van der Waals surface area (Å²) >= 11 is 0. The fraction of sp³-hybridized carbons (Fsp3) is 0.750. The smallest absolute Gasteiger partial charge is 0.260 e. The van der Waals surface area contributed by atoms with Crippen LogP contribution in [0.4, 0.5) is 0 Å². The largest absolute Gasteiger partial charge is 0.375 e. The molecule has 1 N–H and O–H groups in total. The van der Waals surface area contributed by atoms with Gasteiger partial charge >= 0.3 is 0 Å². The van der Waals surface area contributed by atoms with Crippen LogP contribution in [0, 0.1) is 6.92 Å². The van der Waals surface area contributed by atoms with Gasteiger partial charge in [-0.05, 0) is 19.8 Å². The Morgan fingerprint density at radius 3 is 2.95 bits per heavy atom. The van der Waals surface area contributed by atoms with Crippen LogP contribution in [-0.2, 0) is 14.8 Å². The van der Waals surface area contributed by atoms with Crippen LogP contribution >= 0.6 is 0 Å². The quantitative estimate of drug-likeness (QED) is 0.881. The summed E-state index contributed by atoms with van der Waals surface area (Å²) < 4.78 is 32.6. The first-order valence-corrected chi connectivity index (χ1v) is 8.18. The second kappa shape index (κ2) is 4.88. The van der Waals surface area contributed by atoms with Gasteiger partial charge in [0.2, 0.25) is 0 Å². The van der Waals surface area contributed by atoms with Crippen molar-refractivity contribution in [3.63, 3.8) is 0 Å². The van der Waals surface area contributed by atoms with E-state index >= 15 is 0 Å². The number of ether oxygens (including phenoxy) is 1. The number of fused-ring (bicyclic) bond motifs is 1. The molecule has 2 fully saturated rings. The summed E-state index contributed by atoms with van der Waals surface area (Å²) in [6.07, 6.45) is 5.49. The molecule has 1 aromatic rings. The number of nitrogens with one attached hydrogen (secondary N) is 1. The first-order chi connectivity index (χ1) is 9.09. The lowest BCUT2D eigenvalue weighted by atomic mass is 9.91. The number of imidazole rings is 1. The lowest BCUT2D eigenvalue weighted by Gasteiger charge is -2.42.